The molecule has 1 heteroatoms. The van der Waals surface area contributed by atoms with Gasteiger partial charge in [-0.1, -0.05) is 60.8 Å². The Labute approximate surface area is 105 Å². The van der Waals surface area contributed by atoms with Crippen LogP contribution in [0.2, 0.25) is 0 Å². The minimum Gasteiger partial charge on any atom is -0.130 e. The van der Waals surface area contributed by atoms with E-state index in [1.165, 1.54) is 32.1 Å². The third-order valence-electron chi connectivity index (χ3n) is 4.65. The van der Waals surface area contributed by atoms with E-state index in [0.717, 1.165) is 5.92 Å². The molecule has 0 N–H and O–H groups in total. The van der Waals surface area contributed by atoms with E-state index in [1.807, 2.05) is 0 Å². The molecule has 1 aliphatic carbocycles. The lowest BCUT2D eigenvalue weighted by atomic mass is 9.61. The summed E-state index contributed by atoms with van der Waals surface area (Å²) >= 11 is 0. The monoisotopic (exact) mass is 242 g/mol. The normalized spacial score (nSPS) is 33.6. The fraction of sp³-hybridized carbons (Fsp3) is 1.00. The third kappa shape index (κ3) is 2.81. The standard InChI is InChI=1S/C15H31P/c1-13(2,3)12-10-8-7-9-11-15(12,16)14(4,5)6/h12H,7-11,16H2,1-6H3. The van der Waals surface area contributed by atoms with E-state index >= 15 is 0 Å². The van der Waals surface area contributed by atoms with Crippen LogP contribution >= 0.6 is 9.24 Å². The van der Waals surface area contributed by atoms with Gasteiger partial charge >= 0.3 is 0 Å². The van der Waals surface area contributed by atoms with Crippen LogP contribution in [0.3, 0.4) is 0 Å². The Morgan fingerprint density at radius 3 is 1.94 bits per heavy atom. The predicted octanol–water partition coefficient (Wildman–Crippen LogP) is 5.27. The summed E-state index contributed by atoms with van der Waals surface area (Å²) in [7, 11) is 3.27. The van der Waals surface area contributed by atoms with E-state index in [-0.39, 0.29) is 0 Å². The summed E-state index contributed by atoms with van der Waals surface area (Å²) < 4.78 is 0. The fourth-order valence-corrected chi connectivity index (χ4v) is 4.35. The largest absolute Gasteiger partial charge is 0.130 e. The van der Waals surface area contributed by atoms with Gasteiger partial charge in [0.2, 0.25) is 0 Å². The first kappa shape index (κ1) is 14.5. The summed E-state index contributed by atoms with van der Waals surface area (Å²) in [5, 5.41) is 0.418. The van der Waals surface area contributed by atoms with Crippen molar-refractivity contribution in [1.82, 2.24) is 0 Å². The van der Waals surface area contributed by atoms with E-state index in [4.69, 9.17) is 0 Å². The molecular formula is C15H31P. The highest BCUT2D eigenvalue weighted by Crippen LogP contribution is 2.56. The summed E-state index contributed by atoms with van der Waals surface area (Å²) in [6.07, 6.45) is 7.05. The van der Waals surface area contributed by atoms with Crippen molar-refractivity contribution in [3.8, 4) is 0 Å². The van der Waals surface area contributed by atoms with Crippen molar-refractivity contribution >= 4 is 9.24 Å². The average molecular weight is 242 g/mol. The first-order chi connectivity index (χ1) is 7.09. The van der Waals surface area contributed by atoms with E-state index in [2.05, 4.69) is 50.8 Å². The third-order valence-corrected chi connectivity index (χ3v) is 6.20. The molecule has 0 spiro atoms. The van der Waals surface area contributed by atoms with E-state index < -0.39 is 0 Å². The van der Waals surface area contributed by atoms with Crippen LogP contribution in [0.15, 0.2) is 0 Å². The zero-order valence-corrected chi connectivity index (χ0v) is 13.3. The van der Waals surface area contributed by atoms with Crippen molar-refractivity contribution in [2.45, 2.75) is 78.8 Å². The molecule has 0 aromatic heterocycles. The second-order valence-corrected chi connectivity index (χ2v) is 8.84. The molecule has 1 fully saturated rings. The topological polar surface area (TPSA) is 0 Å². The van der Waals surface area contributed by atoms with E-state index in [1.54, 1.807) is 0 Å². The fourth-order valence-electron chi connectivity index (χ4n) is 3.48. The molecule has 96 valence electrons. The number of hydrogen-bond donors (Lipinski definition) is 0. The van der Waals surface area contributed by atoms with E-state index in [0.29, 0.717) is 16.0 Å². The molecule has 0 aliphatic heterocycles. The maximum atomic E-state index is 3.27. The lowest BCUT2D eigenvalue weighted by molar-refractivity contribution is 0.0938. The summed E-state index contributed by atoms with van der Waals surface area (Å²) in [5.74, 6) is 0.826. The molecular weight excluding hydrogens is 211 g/mol. The molecule has 0 bridgehead atoms. The Kier molecular flexibility index (Phi) is 4.17. The van der Waals surface area contributed by atoms with Crippen molar-refractivity contribution in [3.05, 3.63) is 0 Å². The molecule has 1 aliphatic rings. The highest BCUT2D eigenvalue weighted by Gasteiger charge is 2.48. The van der Waals surface area contributed by atoms with Crippen molar-refractivity contribution < 1.29 is 0 Å². The highest BCUT2D eigenvalue weighted by atomic mass is 31.0. The van der Waals surface area contributed by atoms with Gasteiger partial charge in [-0.2, -0.15) is 0 Å². The zero-order valence-electron chi connectivity index (χ0n) is 12.2. The maximum absolute atomic E-state index is 3.27. The Hall–Kier alpha value is 0.430. The first-order valence-electron chi connectivity index (χ1n) is 6.88. The predicted molar refractivity (Wildman–Crippen MR) is 77.9 cm³/mol. The smallest absolute Gasteiger partial charge is 0.00687 e. The molecule has 0 saturated heterocycles. The van der Waals surface area contributed by atoms with Gasteiger partial charge in [0.25, 0.3) is 0 Å². The maximum Gasteiger partial charge on any atom is -0.00687 e. The highest BCUT2D eigenvalue weighted by molar-refractivity contribution is 7.19. The zero-order chi connectivity index (χ0) is 12.6. The van der Waals surface area contributed by atoms with Crippen molar-refractivity contribution in [1.29, 1.82) is 0 Å². The van der Waals surface area contributed by atoms with Crippen molar-refractivity contribution in [2.75, 3.05) is 0 Å². The molecule has 3 unspecified atom stereocenters. The van der Waals surface area contributed by atoms with Crippen LogP contribution in [0.5, 0.6) is 0 Å². The lowest BCUT2D eigenvalue weighted by Gasteiger charge is -2.52. The van der Waals surface area contributed by atoms with Gasteiger partial charge in [-0.15, -0.1) is 9.24 Å². The molecule has 1 rings (SSSR count). The summed E-state index contributed by atoms with van der Waals surface area (Å²) in [6, 6.07) is 0. The minimum absolute atomic E-state index is 0.389. The van der Waals surface area contributed by atoms with Crippen molar-refractivity contribution in [3.63, 3.8) is 0 Å². The Bertz CT molecular complexity index is 231. The molecule has 0 radical (unpaired) electrons. The van der Waals surface area contributed by atoms with Crippen LogP contribution < -0.4 is 0 Å². The van der Waals surface area contributed by atoms with Gasteiger partial charge in [-0.25, -0.2) is 0 Å². The second kappa shape index (κ2) is 4.60. The van der Waals surface area contributed by atoms with E-state index in [9.17, 15) is 0 Å². The Morgan fingerprint density at radius 1 is 0.938 bits per heavy atom. The Balaban J connectivity index is 3.08. The SMILES string of the molecule is CC(C)(C)C1CCCCCC1(P)C(C)(C)C. The lowest BCUT2D eigenvalue weighted by Crippen LogP contribution is -2.48. The van der Waals surface area contributed by atoms with Gasteiger partial charge in [0.15, 0.2) is 0 Å². The molecule has 0 aromatic carbocycles. The van der Waals surface area contributed by atoms with Crippen LogP contribution in [-0.4, -0.2) is 5.16 Å². The molecule has 1 saturated carbocycles. The summed E-state index contributed by atoms with van der Waals surface area (Å²) in [5.41, 5.74) is 0.819. The molecule has 16 heavy (non-hydrogen) atoms. The van der Waals surface area contributed by atoms with Crippen LogP contribution in [0.25, 0.3) is 0 Å². The van der Waals surface area contributed by atoms with Gasteiger partial charge in [0.1, 0.15) is 0 Å². The quantitative estimate of drug-likeness (QED) is 0.401. The first-order valence-corrected chi connectivity index (χ1v) is 7.46. The molecule has 3 atom stereocenters. The van der Waals surface area contributed by atoms with Crippen LogP contribution in [0, 0.1) is 16.7 Å². The van der Waals surface area contributed by atoms with Gasteiger partial charge in [-0.3, -0.25) is 0 Å². The van der Waals surface area contributed by atoms with Crippen LogP contribution in [0.1, 0.15) is 73.6 Å². The second-order valence-electron chi connectivity index (χ2n) is 7.81. The van der Waals surface area contributed by atoms with Crippen LogP contribution in [-0.2, 0) is 0 Å². The van der Waals surface area contributed by atoms with Gasteiger partial charge in [0.05, 0.1) is 0 Å². The summed E-state index contributed by atoms with van der Waals surface area (Å²) in [6.45, 7) is 14.5. The van der Waals surface area contributed by atoms with Gasteiger partial charge in [0, 0.05) is 0 Å². The number of hydrogen-bond acceptors (Lipinski definition) is 0. The molecule has 0 heterocycles. The van der Waals surface area contributed by atoms with Crippen molar-refractivity contribution in [2.24, 2.45) is 16.7 Å². The molecule has 0 amide bonds. The van der Waals surface area contributed by atoms with Gasteiger partial charge in [-0.05, 0) is 34.7 Å². The van der Waals surface area contributed by atoms with Crippen LogP contribution in [0.4, 0.5) is 0 Å². The average Bonchev–Trinajstić information content (AvgIpc) is 2.24. The number of rotatable bonds is 0. The van der Waals surface area contributed by atoms with Gasteiger partial charge < -0.3 is 0 Å². The minimum atomic E-state index is 0.389. The molecule has 0 nitrogen and oxygen atoms in total. The Morgan fingerprint density at radius 2 is 1.50 bits per heavy atom. The summed E-state index contributed by atoms with van der Waals surface area (Å²) in [4.78, 5) is 0. The molecule has 0 aromatic rings.